The first-order valence-electron chi connectivity index (χ1n) is 9.27. The summed E-state index contributed by atoms with van der Waals surface area (Å²) in [5.41, 5.74) is 5.23. The van der Waals surface area contributed by atoms with Crippen molar-refractivity contribution in [3.63, 3.8) is 0 Å². The Balaban J connectivity index is 2.17. The minimum atomic E-state index is -1.09. The van der Waals surface area contributed by atoms with Crippen molar-refractivity contribution >= 4 is 23.6 Å². The van der Waals surface area contributed by atoms with E-state index in [-0.39, 0.29) is 35.4 Å². The summed E-state index contributed by atoms with van der Waals surface area (Å²) in [6.07, 6.45) is 4.91. The molecular formula is C20H25N3O5. The summed E-state index contributed by atoms with van der Waals surface area (Å²) < 4.78 is 5.07. The van der Waals surface area contributed by atoms with E-state index in [1.165, 1.54) is 6.92 Å². The van der Waals surface area contributed by atoms with Crippen molar-refractivity contribution in [2.45, 2.75) is 46.1 Å². The lowest BCUT2D eigenvalue weighted by Crippen LogP contribution is -2.47. The smallest absolute Gasteiger partial charge is 0.329 e. The van der Waals surface area contributed by atoms with Crippen LogP contribution in [0.25, 0.3) is 0 Å². The lowest BCUT2D eigenvalue weighted by Gasteiger charge is -2.26. The van der Waals surface area contributed by atoms with Crippen molar-refractivity contribution in [1.82, 2.24) is 4.90 Å². The Hall–Kier alpha value is -2.95. The van der Waals surface area contributed by atoms with Crippen molar-refractivity contribution in [2.75, 3.05) is 6.61 Å². The number of allylic oxidation sites excluding steroid dienone is 3. The van der Waals surface area contributed by atoms with Crippen LogP contribution in [0.4, 0.5) is 0 Å². The third-order valence-electron chi connectivity index (χ3n) is 4.95. The summed E-state index contributed by atoms with van der Waals surface area (Å²) in [5, 5.41) is 8.97. The molecule has 0 aromatic carbocycles. The number of esters is 1. The number of imide groups is 1. The van der Waals surface area contributed by atoms with Gasteiger partial charge in [-0.15, -0.1) is 0 Å². The molecule has 1 aliphatic heterocycles. The van der Waals surface area contributed by atoms with E-state index in [9.17, 15) is 19.2 Å². The predicted molar refractivity (Wildman–Crippen MR) is 98.9 cm³/mol. The van der Waals surface area contributed by atoms with E-state index in [2.05, 4.69) is 0 Å². The molecule has 3 atom stereocenters. The molecule has 1 saturated heterocycles. The number of carbonyl (C=O) groups excluding carboxylic acids is 4. The zero-order chi connectivity index (χ0) is 21.0. The number of likely N-dealkylation sites (tertiary alicyclic amines) is 1. The molecule has 150 valence electrons. The van der Waals surface area contributed by atoms with Crippen LogP contribution in [0.1, 0.15) is 40.0 Å². The maximum Gasteiger partial charge on any atom is 0.329 e. The molecule has 0 aromatic heterocycles. The van der Waals surface area contributed by atoms with Gasteiger partial charge >= 0.3 is 5.97 Å². The first-order chi connectivity index (χ1) is 13.2. The van der Waals surface area contributed by atoms with Gasteiger partial charge in [-0.2, -0.15) is 5.26 Å². The highest BCUT2D eigenvalue weighted by Gasteiger charge is 2.51. The van der Waals surface area contributed by atoms with Crippen molar-refractivity contribution in [3.8, 4) is 6.07 Å². The Kier molecular flexibility index (Phi) is 6.73. The van der Waals surface area contributed by atoms with Gasteiger partial charge in [-0.05, 0) is 32.1 Å². The van der Waals surface area contributed by atoms with E-state index in [0.717, 1.165) is 4.90 Å². The molecular weight excluding hydrogens is 362 g/mol. The number of fused-ring (bicyclic) bond motifs is 1. The van der Waals surface area contributed by atoms with Crippen molar-refractivity contribution in [3.05, 3.63) is 23.4 Å². The quantitative estimate of drug-likeness (QED) is 0.228. The van der Waals surface area contributed by atoms with Gasteiger partial charge in [0.05, 0.1) is 11.8 Å². The Bertz CT molecular complexity index is 760. The number of ketones is 1. The molecule has 1 heterocycles. The van der Waals surface area contributed by atoms with E-state index in [1.807, 2.05) is 26.0 Å². The Morgan fingerprint density at radius 2 is 1.79 bits per heavy atom. The zero-order valence-corrected chi connectivity index (χ0v) is 16.3. The minimum absolute atomic E-state index is 0.00968. The first-order valence-corrected chi connectivity index (χ1v) is 9.27. The zero-order valence-electron chi connectivity index (χ0n) is 16.3. The summed E-state index contributed by atoms with van der Waals surface area (Å²) in [5.74, 6) is -3.19. The molecule has 0 unspecified atom stereocenters. The highest BCUT2D eigenvalue weighted by atomic mass is 16.5. The Labute approximate surface area is 164 Å². The number of ether oxygens (including phenoxy) is 1. The third-order valence-corrected chi connectivity index (χ3v) is 4.95. The molecule has 0 aromatic rings. The fourth-order valence-electron chi connectivity index (χ4n) is 3.56. The summed E-state index contributed by atoms with van der Waals surface area (Å²) in [4.78, 5) is 51.3. The fourth-order valence-corrected chi connectivity index (χ4v) is 3.56. The monoisotopic (exact) mass is 387 g/mol. The topological polar surface area (TPSA) is 131 Å². The van der Waals surface area contributed by atoms with Crippen LogP contribution in [0.5, 0.6) is 0 Å². The molecule has 8 heteroatoms. The molecule has 2 rings (SSSR count). The van der Waals surface area contributed by atoms with Crippen LogP contribution in [0.15, 0.2) is 23.4 Å². The number of nitriles is 1. The van der Waals surface area contributed by atoms with E-state index in [4.69, 9.17) is 15.7 Å². The van der Waals surface area contributed by atoms with Gasteiger partial charge in [0, 0.05) is 5.70 Å². The van der Waals surface area contributed by atoms with E-state index < -0.39 is 36.2 Å². The fraction of sp³-hybridized carbons (Fsp3) is 0.550. The number of nitrogens with zero attached hydrogens (tertiary/aromatic N) is 2. The number of nitrogens with two attached hydrogens (primary N) is 1. The van der Waals surface area contributed by atoms with Crippen LogP contribution in [-0.4, -0.2) is 41.1 Å². The number of Topliss-reactive ketones (excluding diaryl/α,β-unsaturated/α-hetero) is 1. The predicted octanol–water partition coefficient (Wildman–Crippen LogP) is 1.22. The lowest BCUT2D eigenvalue weighted by molar-refractivity contribution is -0.160. The molecule has 28 heavy (non-hydrogen) atoms. The van der Waals surface area contributed by atoms with Gasteiger partial charge in [-0.3, -0.25) is 19.3 Å². The van der Waals surface area contributed by atoms with Gasteiger partial charge < -0.3 is 10.5 Å². The summed E-state index contributed by atoms with van der Waals surface area (Å²) in [6, 6.07) is 0.587. The highest BCUT2D eigenvalue weighted by molar-refractivity contribution is 6.08. The molecule has 2 N–H and O–H groups in total. The molecule has 1 fully saturated rings. The van der Waals surface area contributed by atoms with Crippen molar-refractivity contribution < 1.29 is 23.9 Å². The van der Waals surface area contributed by atoms with Gasteiger partial charge in [0.2, 0.25) is 17.6 Å². The maximum atomic E-state index is 12.8. The van der Waals surface area contributed by atoms with Gasteiger partial charge in [0.15, 0.2) is 6.61 Å². The molecule has 2 aliphatic rings. The number of carbonyl (C=O) groups is 4. The van der Waals surface area contributed by atoms with E-state index >= 15 is 0 Å². The van der Waals surface area contributed by atoms with Gasteiger partial charge in [0.25, 0.3) is 0 Å². The summed E-state index contributed by atoms with van der Waals surface area (Å²) in [7, 11) is 0. The standard InChI is InChI=1S/C20H25N3O5/c1-11(2)8-16(20(27)28-10-17(24)15(9-21)12(3)22)23-18(25)13-6-4-5-7-14(13)19(23)26/h4-5,11,13-14,16H,6-8,10,22H2,1-3H3/b15-12+/t13-,14+,16-/m1/s1. The van der Waals surface area contributed by atoms with E-state index in [1.54, 1.807) is 6.07 Å². The largest absolute Gasteiger partial charge is 0.456 e. The minimum Gasteiger partial charge on any atom is -0.456 e. The summed E-state index contributed by atoms with van der Waals surface area (Å²) in [6.45, 7) is 4.45. The molecule has 1 aliphatic carbocycles. The van der Waals surface area contributed by atoms with E-state index in [0.29, 0.717) is 12.8 Å². The molecule has 8 nitrogen and oxygen atoms in total. The number of rotatable bonds is 7. The molecule has 0 spiro atoms. The van der Waals surface area contributed by atoms with Crippen LogP contribution >= 0.6 is 0 Å². The normalized spacial score (nSPS) is 23.2. The van der Waals surface area contributed by atoms with Crippen LogP contribution in [0.3, 0.4) is 0 Å². The number of hydrogen-bond donors (Lipinski definition) is 1. The van der Waals surface area contributed by atoms with Gasteiger partial charge in [-0.1, -0.05) is 26.0 Å². The van der Waals surface area contributed by atoms with Gasteiger partial charge in [0.1, 0.15) is 17.7 Å². The Morgan fingerprint density at radius 3 is 2.21 bits per heavy atom. The summed E-state index contributed by atoms with van der Waals surface area (Å²) >= 11 is 0. The number of amides is 2. The lowest BCUT2D eigenvalue weighted by atomic mass is 9.85. The molecule has 0 saturated carbocycles. The molecule has 0 bridgehead atoms. The van der Waals surface area contributed by atoms with Gasteiger partial charge in [-0.25, -0.2) is 4.79 Å². The highest BCUT2D eigenvalue weighted by Crippen LogP contribution is 2.37. The Morgan fingerprint density at radius 1 is 1.25 bits per heavy atom. The van der Waals surface area contributed by atoms with Crippen LogP contribution in [0, 0.1) is 29.1 Å². The third kappa shape index (κ3) is 4.30. The SMILES string of the molecule is C/C(N)=C(/C#N)C(=O)COC(=O)[C@@H](CC(C)C)N1C(=O)[C@H]2CC=CC[C@H]2C1=O. The van der Waals surface area contributed by atoms with Crippen molar-refractivity contribution in [1.29, 1.82) is 5.26 Å². The van der Waals surface area contributed by atoms with Crippen LogP contribution in [-0.2, 0) is 23.9 Å². The second-order valence-corrected chi connectivity index (χ2v) is 7.55. The van der Waals surface area contributed by atoms with Crippen molar-refractivity contribution in [2.24, 2.45) is 23.5 Å². The maximum absolute atomic E-state index is 12.8. The second kappa shape index (κ2) is 8.83. The number of hydrogen-bond acceptors (Lipinski definition) is 7. The first kappa shape index (κ1) is 21.4. The average molecular weight is 387 g/mol. The van der Waals surface area contributed by atoms with Crippen LogP contribution in [0.2, 0.25) is 0 Å². The van der Waals surface area contributed by atoms with Crippen LogP contribution < -0.4 is 5.73 Å². The molecule has 0 radical (unpaired) electrons. The average Bonchev–Trinajstić information content (AvgIpc) is 2.89. The second-order valence-electron chi connectivity index (χ2n) is 7.55. The molecule has 2 amide bonds.